The Bertz CT molecular complexity index is 871. The van der Waals surface area contributed by atoms with E-state index in [0.717, 1.165) is 0 Å². The highest BCUT2D eigenvalue weighted by atomic mass is 16.6. The van der Waals surface area contributed by atoms with E-state index in [9.17, 15) is 19.2 Å². The van der Waals surface area contributed by atoms with Gasteiger partial charge in [-0.1, -0.05) is 44.2 Å². The molecule has 0 radical (unpaired) electrons. The predicted molar refractivity (Wildman–Crippen MR) is 133 cm³/mol. The molecule has 2 N–H and O–H groups in total. The standard InChI is InChI=1S/C26H41N3O6/c1-17(2)15-19(28-24(33)35-26(6,7)8)23(32)29(25(3,4)5)21(18-13-11-10-12-14-18)22(31)27-16-20(30)34-9/h10-14,17,19,21H,15-16H2,1-9H3,(H,27,31)(H,28,33). The smallest absolute Gasteiger partial charge is 0.408 e. The number of nitrogens with zero attached hydrogens (tertiary/aromatic N) is 1. The van der Waals surface area contributed by atoms with Crippen LogP contribution in [0, 0.1) is 5.92 Å². The molecule has 9 nitrogen and oxygen atoms in total. The van der Waals surface area contributed by atoms with Crippen LogP contribution in [0.25, 0.3) is 0 Å². The molecule has 9 heteroatoms. The first kappa shape index (κ1) is 29.9. The van der Waals surface area contributed by atoms with Gasteiger partial charge in [-0.2, -0.15) is 0 Å². The highest BCUT2D eigenvalue weighted by Gasteiger charge is 2.42. The lowest BCUT2D eigenvalue weighted by Gasteiger charge is -2.43. The predicted octanol–water partition coefficient (Wildman–Crippen LogP) is 3.58. The van der Waals surface area contributed by atoms with E-state index in [1.807, 2.05) is 40.7 Å². The van der Waals surface area contributed by atoms with Crippen LogP contribution in [0.4, 0.5) is 4.79 Å². The summed E-state index contributed by atoms with van der Waals surface area (Å²) in [7, 11) is 1.23. The summed E-state index contributed by atoms with van der Waals surface area (Å²) in [5, 5.41) is 5.28. The summed E-state index contributed by atoms with van der Waals surface area (Å²) in [6, 6.07) is 6.85. The molecule has 0 aliphatic heterocycles. The van der Waals surface area contributed by atoms with Crippen molar-refractivity contribution in [3.63, 3.8) is 0 Å². The minimum atomic E-state index is -1.05. The second-order valence-electron chi connectivity index (χ2n) is 10.8. The monoisotopic (exact) mass is 491 g/mol. The van der Waals surface area contributed by atoms with Crippen molar-refractivity contribution >= 4 is 23.9 Å². The van der Waals surface area contributed by atoms with Crippen molar-refractivity contribution in [3.05, 3.63) is 35.9 Å². The Morgan fingerprint density at radius 1 is 0.971 bits per heavy atom. The van der Waals surface area contributed by atoms with Crippen molar-refractivity contribution in [2.75, 3.05) is 13.7 Å². The second kappa shape index (κ2) is 12.6. The number of nitrogens with one attached hydrogen (secondary N) is 2. The van der Waals surface area contributed by atoms with Gasteiger partial charge in [-0.3, -0.25) is 14.4 Å². The lowest BCUT2D eigenvalue weighted by molar-refractivity contribution is -0.149. The number of rotatable bonds is 9. The molecule has 3 amide bonds. The molecule has 35 heavy (non-hydrogen) atoms. The molecule has 1 aromatic carbocycles. The van der Waals surface area contributed by atoms with E-state index >= 15 is 0 Å². The van der Waals surface area contributed by atoms with Gasteiger partial charge in [-0.15, -0.1) is 0 Å². The maximum atomic E-state index is 14.0. The van der Waals surface area contributed by atoms with Gasteiger partial charge < -0.3 is 25.0 Å². The molecular formula is C26H41N3O6. The Kier molecular flexibility index (Phi) is 10.7. The summed E-state index contributed by atoms with van der Waals surface area (Å²) >= 11 is 0. The summed E-state index contributed by atoms with van der Waals surface area (Å²) in [6.07, 6.45) is -0.368. The maximum absolute atomic E-state index is 14.0. The maximum Gasteiger partial charge on any atom is 0.408 e. The Morgan fingerprint density at radius 2 is 1.54 bits per heavy atom. The second-order valence-corrected chi connectivity index (χ2v) is 10.8. The number of carbonyl (C=O) groups excluding carboxylic acids is 4. The van der Waals surface area contributed by atoms with Gasteiger partial charge in [0.05, 0.1) is 7.11 Å². The van der Waals surface area contributed by atoms with Gasteiger partial charge >= 0.3 is 12.1 Å². The van der Waals surface area contributed by atoms with Crippen LogP contribution in [0.2, 0.25) is 0 Å². The molecule has 0 bridgehead atoms. The van der Waals surface area contributed by atoms with Gasteiger partial charge in [0.25, 0.3) is 0 Å². The van der Waals surface area contributed by atoms with E-state index < -0.39 is 47.1 Å². The molecule has 0 saturated heterocycles. The van der Waals surface area contributed by atoms with Crippen molar-refractivity contribution in [2.24, 2.45) is 5.92 Å². The topological polar surface area (TPSA) is 114 Å². The molecule has 1 rings (SSSR count). The summed E-state index contributed by atoms with van der Waals surface area (Å²) in [5.74, 6) is -1.50. The van der Waals surface area contributed by atoms with Crippen LogP contribution in [-0.4, -0.2) is 59.6 Å². The summed E-state index contributed by atoms with van der Waals surface area (Å²) < 4.78 is 10.0. The molecule has 0 saturated carbocycles. The molecule has 0 aliphatic rings. The molecule has 0 fully saturated rings. The number of hydrogen-bond donors (Lipinski definition) is 2. The SMILES string of the molecule is COC(=O)CNC(=O)C(c1ccccc1)N(C(=O)C(CC(C)C)NC(=O)OC(C)(C)C)C(C)(C)C. The molecule has 0 aromatic heterocycles. The Balaban J connectivity index is 3.47. The van der Waals surface area contributed by atoms with E-state index in [4.69, 9.17) is 4.74 Å². The van der Waals surface area contributed by atoms with Gasteiger partial charge in [0.15, 0.2) is 0 Å². The minimum absolute atomic E-state index is 0.0732. The van der Waals surface area contributed by atoms with E-state index in [2.05, 4.69) is 15.4 Å². The van der Waals surface area contributed by atoms with E-state index in [-0.39, 0.29) is 12.5 Å². The van der Waals surface area contributed by atoms with Crippen molar-refractivity contribution in [1.29, 1.82) is 0 Å². The number of benzene rings is 1. The van der Waals surface area contributed by atoms with Gasteiger partial charge in [0.2, 0.25) is 11.8 Å². The minimum Gasteiger partial charge on any atom is -0.468 e. The molecule has 2 unspecified atom stereocenters. The number of esters is 1. The van der Waals surface area contributed by atoms with Crippen LogP contribution in [0.5, 0.6) is 0 Å². The summed E-state index contributed by atoms with van der Waals surface area (Å²) in [5.41, 5.74) is -0.983. The Labute approximate surface area is 208 Å². The van der Waals surface area contributed by atoms with Crippen molar-refractivity contribution < 1.29 is 28.7 Å². The van der Waals surface area contributed by atoms with Crippen molar-refractivity contribution in [2.45, 2.75) is 85.0 Å². The number of alkyl carbamates (subject to hydrolysis) is 1. The summed E-state index contributed by atoms with van der Waals surface area (Å²) in [4.78, 5) is 53.1. The third-order valence-electron chi connectivity index (χ3n) is 4.91. The quantitative estimate of drug-likeness (QED) is 0.511. The van der Waals surface area contributed by atoms with Gasteiger partial charge in [-0.25, -0.2) is 4.79 Å². The highest BCUT2D eigenvalue weighted by molar-refractivity contribution is 5.93. The molecule has 0 heterocycles. The molecule has 0 spiro atoms. The molecule has 0 aliphatic carbocycles. The zero-order valence-electron chi connectivity index (χ0n) is 22.4. The van der Waals surface area contributed by atoms with Gasteiger partial charge in [-0.05, 0) is 59.4 Å². The van der Waals surface area contributed by atoms with Crippen LogP contribution < -0.4 is 10.6 Å². The largest absolute Gasteiger partial charge is 0.468 e. The molecule has 2 atom stereocenters. The first-order valence-electron chi connectivity index (χ1n) is 11.8. The Morgan fingerprint density at radius 3 is 2.00 bits per heavy atom. The van der Waals surface area contributed by atoms with Crippen molar-refractivity contribution in [3.8, 4) is 0 Å². The zero-order chi connectivity index (χ0) is 27.0. The van der Waals surface area contributed by atoms with E-state index in [1.54, 1.807) is 45.0 Å². The van der Waals surface area contributed by atoms with Gasteiger partial charge in [0, 0.05) is 5.54 Å². The molecule has 1 aromatic rings. The fraction of sp³-hybridized carbons (Fsp3) is 0.615. The van der Waals surface area contributed by atoms with Crippen LogP contribution in [0.1, 0.15) is 73.4 Å². The number of carbonyl (C=O) groups is 4. The Hall–Kier alpha value is -3.10. The van der Waals surface area contributed by atoms with Crippen LogP contribution in [0.15, 0.2) is 30.3 Å². The third-order valence-corrected chi connectivity index (χ3v) is 4.91. The average molecular weight is 492 g/mol. The highest BCUT2D eigenvalue weighted by Crippen LogP contribution is 2.30. The molecule has 196 valence electrons. The fourth-order valence-electron chi connectivity index (χ4n) is 3.54. The first-order chi connectivity index (χ1) is 16.1. The van der Waals surface area contributed by atoms with Crippen LogP contribution in [0.3, 0.4) is 0 Å². The number of methoxy groups -OCH3 is 1. The number of ether oxygens (including phenoxy) is 2. The van der Waals surface area contributed by atoms with Crippen LogP contribution in [-0.2, 0) is 23.9 Å². The van der Waals surface area contributed by atoms with Crippen molar-refractivity contribution in [1.82, 2.24) is 15.5 Å². The third kappa shape index (κ3) is 9.96. The van der Waals surface area contributed by atoms with Crippen LogP contribution >= 0.6 is 0 Å². The zero-order valence-corrected chi connectivity index (χ0v) is 22.4. The van der Waals surface area contributed by atoms with Gasteiger partial charge in [0.1, 0.15) is 24.2 Å². The lowest BCUT2D eigenvalue weighted by atomic mass is 9.93. The normalized spacial score (nSPS) is 13.4. The average Bonchev–Trinajstić information content (AvgIpc) is 2.72. The van der Waals surface area contributed by atoms with E-state index in [0.29, 0.717) is 12.0 Å². The number of amides is 3. The summed E-state index contributed by atoms with van der Waals surface area (Å²) in [6.45, 7) is 14.2. The fourth-order valence-corrected chi connectivity index (χ4v) is 3.54. The first-order valence-corrected chi connectivity index (χ1v) is 11.8. The molecular weight excluding hydrogens is 450 g/mol. The van der Waals surface area contributed by atoms with E-state index in [1.165, 1.54) is 12.0 Å². The number of hydrogen-bond acceptors (Lipinski definition) is 6. The lowest BCUT2D eigenvalue weighted by Crippen LogP contribution is -2.59.